The lowest BCUT2D eigenvalue weighted by Gasteiger charge is -2.17. The summed E-state index contributed by atoms with van der Waals surface area (Å²) in [6, 6.07) is 0.749. The Morgan fingerprint density at radius 3 is 2.72 bits per heavy atom. The van der Waals surface area contributed by atoms with Crippen LogP contribution in [0.5, 0.6) is 0 Å². The van der Waals surface area contributed by atoms with Crippen molar-refractivity contribution in [3.63, 3.8) is 0 Å². The second kappa shape index (κ2) is 6.36. The average molecular weight is 338 g/mol. The Morgan fingerprint density at radius 2 is 2.04 bits per heavy atom. The lowest BCUT2D eigenvalue weighted by molar-refractivity contribution is 0.613. The molecule has 2 atom stereocenters. The molecular formula is C17H22N8. The first-order chi connectivity index (χ1) is 12.2. The second-order valence-corrected chi connectivity index (χ2v) is 6.38. The first-order valence-electron chi connectivity index (χ1n) is 8.67. The Balaban J connectivity index is 1.80. The summed E-state index contributed by atoms with van der Waals surface area (Å²) in [6.07, 6.45) is 6.28. The van der Waals surface area contributed by atoms with Crippen LogP contribution in [0.1, 0.15) is 26.1 Å². The fourth-order valence-electron chi connectivity index (χ4n) is 3.30. The fraction of sp³-hybridized carbons (Fsp3) is 0.471. The van der Waals surface area contributed by atoms with Gasteiger partial charge in [0.15, 0.2) is 17.0 Å². The van der Waals surface area contributed by atoms with Gasteiger partial charge in [0.1, 0.15) is 18.0 Å². The minimum atomic E-state index is 0.344. The highest BCUT2D eigenvalue weighted by Crippen LogP contribution is 2.27. The summed E-state index contributed by atoms with van der Waals surface area (Å²) >= 11 is 0. The maximum Gasteiger partial charge on any atom is 0.165 e. The highest BCUT2D eigenvalue weighted by Gasteiger charge is 2.25. The molecule has 2 N–H and O–H groups in total. The molecular weight excluding hydrogens is 316 g/mol. The van der Waals surface area contributed by atoms with Gasteiger partial charge in [-0.2, -0.15) is 0 Å². The second-order valence-electron chi connectivity index (χ2n) is 6.38. The van der Waals surface area contributed by atoms with E-state index in [9.17, 15) is 0 Å². The highest BCUT2D eigenvalue weighted by atomic mass is 15.2. The smallest absolute Gasteiger partial charge is 0.165 e. The van der Waals surface area contributed by atoms with Crippen molar-refractivity contribution in [3.05, 3.63) is 24.5 Å². The standard InChI is InChI=1S/C17H22N8/c1-4-25-16(12-7-19-11(3)20-8-12)24-14-15(21-9-22-17(14)25)23-13-5-6-18-10(13)2/h7-10,13,18H,4-6H2,1-3H3,(H,21,22,23). The number of rotatable bonds is 4. The van der Waals surface area contributed by atoms with E-state index in [0.29, 0.717) is 12.1 Å². The van der Waals surface area contributed by atoms with Crippen molar-refractivity contribution in [3.8, 4) is 11.4 Å². The van der Waals surface area contributed by atoms with Gasteiger partial charge >= 0.3 is 0 Å². The van der Waals surface area contributed by atoms with Crippen LogP contribution < -0.4 is 10.6 Å². The molecule has 0 spiro atoms. The zero-order valence-corrected chi connectivity index (χ0v) is 14.7. The van der Waals surface area contributed by atoms with Gasteiger partial charge in [0.2, 0.25) is 0 Å². The van der Waals surface area contributed by atoms with Gasteiger partial charge < -0.3 is 15.2 Å². The maximum absolute atomic E-state index is 4.83. The van der Waals surface area contributed by atoms with Crippen LogP contribution >= 0.6 is 0 Å². The lowest BCUT2D eigenvalue weighted by atomic mass is 10.1. The average Bonchev–Trinajstić information content (AvgIpc) is 3.19. The summed E-state index contributed by atoms with van der Waals surface area (Å²) in [5, 5.41) is 6.99. The van der Waals surface area contributed by atoms with Gasteiger partial charge in [-0.15, -0.1) is 0 Å². The number of anilines is 1. The van der Waals surface area contributed by atoms with Crippen LogP contribution in [-0.2, 0) is 6.54 Å². The Hall–Kier alpha value is -2.61. The maximum atomic E-state index is 4.83. The number of hydrogen-bond donors (Lipinski definition) is 2. The van der Waals surface area contributed by atoms with Gasteiger partial charge in [-0.1, -0.05) is 0 Å². The molecule has 1 aliphatic rings. The molecule has 4 heterocycles. The lowest BCUT2D eigenvalue weighted by Crippen LogP contribution is -2.32. The molecule has 1 aliphatic heterocycles. The first-order valence-corrected chi connectivity index (χ1v) is 8.67. The van der Waals surface area contributed by atoms with Gasteiger partial charge in [0.05, 0.1) is 5.56 Å². The number of fused-ring (bicyclic) bond motifs is 1. The van der Waals surface area contributed by atoms with Gasteiger partial charge in [-0.3, -0.25) is 0 Å². The van der Waals surface area contributed by atoms with Crippen LogP contribution in [-0.4, -0.2) is 48.1 Å². The van der Waals surface area contributed by atoms with Crippen molar-refractivity contribution in [1.82, 2.24) is 34.8 Å². The summed E-state index contributed by atoms with van der Waals surface area (Å²) in [6.45, 7) is 7.91. The summed E-state index contributed by atoms with van der Waals surface area (Å²) in [5.41, 5.74) is 2.50. The van der Waals surface area contributed by atoms with E-state index in [-0.39, 0.29) is 0 Å². The molecule has 3 aromatic rings. The van der Waals surface area contributed by atoms with E-state index in [4.69, 9.17) is 4.98 Å². The molecule has 3 aromatic heterocycles. The van der Waals surface area contributed by atoms with E-state index in [2.05, 4.69) is 49.0 Å². The summed E-state index contributed by atoms with van der Waals surface area (Å²) in [7, 11) is 0. The van der Waals surface area contributed by atoms with E-state index in [0.717, 1.165) is 53.7 Å². The predicted molar refractivity (Wildman–Crippen MR) is 96.3 cm³/mol. The van der Waals surface area contributed by atoms with Crippen LogP contribution in [0.3, 0.4) is 0 Å². The molecule has 8 nitrogen and oxygen atoms in total. The minimum Gasteiger partial charge on any atom is -0.364 e. The Kier molecular flexibility index (Phi) is 4.04. The number of aromatic nitrogens is 6. The van der Waals surface area contributed by atoms with Gasteiger partial charge in [-0.05, 0) is 33.7 Å². The molecule has 0 aliphatic carbocycles. The molecule has 1 saturated heterocycles. The van der Waals surface area contributed by atoms with E-state index in [1.165, 1.54) is 0 Å². The largest absolute Gasteiger partial charge is 0.364 e. The van der Waals surface area contributed by atoms with E-state index in [1.54, 1.807) is 18.7 Å². The molecule has 0 aromatic carbocycles. The minimum absolute atomic E-state index is 0.344. The number of nitrogens with one attached hydrogen (secondary N) is 2. The number of hydrogen-bond acceptors (Lipinski definition) is 7. The van der Waals surface area contributed by atoms with Gasteiger partial charge in [-0.25, -0.2) is 24.9 Å². The van der Waals surface area contributed by atoms with Crippen LogP contribution in [0.4, 0.5) is 5.82 Å². The third-order valence-corrected chi connectivity index (χ3v) is 4.73. The van der Waals surface area contributed by atoms with Gasteiger partial charge in [0.25, 0.3) is 0 Å². The quantitative estimate of drug-likeness (QED) is 0.749. The van der Waals surface area contributed by atoms with Crippen molar-refractivity contribution in [1.29, 1.82) is 0 Å². The Labute approximate surface area is 146 Å². The summed E-state index contributed by atoms with van der Waals surface area (Å²) in [5.74, 6) is 2.35. The zero-order valence-electron chi connectivity index (χ0n) is 14.7. The number of imidazole rings is 1. The van der Waals surface area contributed by atoms with Crippen molar-refractivity contribution >= 4 is 17.0 Å². The molecule has 4 rings (SSSR count). The van der Waals surface area contributed by atoms with Crippen LogP contribution in [0.15, 0.2) is 18.7 Å². The Bertz CT molecular complexity index is 886. The van der Waals surface area contributed by atoms with E-state index in [1.807, 2.05) is 6.92 Å². The Morgan fingerprint density at radius 1 is 1.24 bits per heavy atom. The van der Waals surface area contributed by atoms with Crippen molar-refractivity contribution in [2.45, 2.75) is 45.8 Å². The molecule has 0 amide bonds. The van der Waals surface area contributed by atoms with Gasteiger partial charge in [0, 0.05) is 31.0 Å². The van der Waals surface area contributed by atoms with E-state index < -0.39 is 0 Å². The third-order valence-electron chi connectivity index (χ3n) is 4.73. The van der Waals surface area contributed by atoms with Crippen LogP contribution in [0.2, 0.25) is 0 Å². The van der Waals surface area contributed by atoms with Crippen molar-refractivity contribution in [2.24, 2.45) is 0 Å². The van der Waals surface area contributed by atoms with Crippen molar-refractivity contribution < 1.29 is 0 Å². The third kappa shape index (κ3) is 2.82. The molecule has 25 heavy (non-hydrogen) atoms. The summed E-state index contributed by atoms with van der Waals surface area (Å²) < 4.78 is 2.08. The normalized spacial score (nSPS) is 20.3. The predicted octanol–water partition coefficient (Wildman–Crippen LogP) is 1.77. The number of aryl methyl sites for hydroxylation is 2. The molecule has 2 unspecified atom stereocenters. The highest BCUT2D eigenvalue weighted by molar-refractivity contribution is 5.86. The first kappa shape index (κ1) is 15.9. The number of nitrogens with zero attached hydrogens (tertiary/aromatic N) is 6. The topological polar surface area (TPSA) is 93.4 Å². The zero-order chi connectivity index (χ0) is 17.4. The molecule has 0 radical (unpaired) electrons. The van der Waals surface area contributed by atoms with Crippen LogP contribution in [0, 0.1) is 6.92 Å². The SMILES string of the molecule is CCn1c(-c2cnc(C)nc2)nc2c(NC3CCNC3C)ncnc21. The van der Waals surface area contributed by atoms with Crippen molar-refractivity contribution in [2.75, 3.05) is 11.9 Å². The molecule has 8 heteroatoms. The molecule has 130 valence electrons. The molecule has 0 bridgehead atoms. The monoisotopic (exact) mass is 338 g/mol. The van der Waals surface area contributed by atoms with Crippen LogP contribution in [0.25, 0.3) is 22.6 Å². The molecule has 1 fully saturated rings. The molecule has 0 saturated carbocycles. The summed E-state index contributed by atoms with van der Waals surface area (Å²) in [4.78, 5) is 22.3. The van der Waals surface area contributed by atoms with E-state index >= 15 is 0 Å². The fourth-order valence-corrected chi connectivity index (χ4v) is 3.30.